The second kappa shape index (κ2) is 4.80. The van der Waals surface area contributed by atoms with Gasteiger partial charge in [-0.05, 0) is 67.2 Å². The molecule has 3 unspecified atom stereocenters. The predicted octanol–water partition coefficient (Wildman–Crippen LogP) is 3.42. The molecule has 0 saturated heterocycles. The van der Waals surface area contributed by atoms with E-state index in [2.05, 4.69) is 22.8 Å². The molecule has 2 saturated carbocycles. The summed E-state index contributed by atoms with van der Waals surface area (Å²) in [5.74, 6) is 2.59. The van der Waals surface area contributed by atoms with Crippen LogP contribution in [0.3, 0.4) is 0 Å². The molecule has 0 radical (unpaired) electrons. The molecule has 4 rings (SSSR count). The number of amides is 1. The Morgan fingerprint density at radius 1 is 1.30 bits per heavy atom. The van der Waals surface area contributed by atoms with Crippen LogP contribution in [-0.2, 0) is 11.2 Å². The quantitative estimate of drug-likeness (QED) is 0.883. The molecule has 2 N–H and O–H groups in total. The fraction of sp³-hybridized carbons (Fsp3) is 0.588. The van der Waals surface area contributed by atoms with Crippen molar-refractivity contribution in [1.29, 1.82) is 0 Å². The average molecular weight is 270 g/mol. The SMILES string of the molecule is O=C(CC1CC2CCC1C2)Nc1ccc2c(c1)CCN2. The molecule has 0 aromatic heterocycles. The molecular formula is C17H22N2O. The molecule has 3 nitrogen and oxygen atoms in total. The number of carbonyl (C=O) groups excluding carboxylic acids is 1. The topological polar surface area (TPSA) is 41.1 Å². The van der Waals surface area contributed by atoms with Crippen molar-refractivity contribution < 1.29 is 4.79 Å². The van der Waals surface area contributed by atoms with Crippen LogP contribution in [0.5, 0.6) is 0 Å². The maximum absolute atomic E-state index is 12.2. The van der Waals surface area contributed by atoms with Gasteiger partial charge in [0.2, 0.25) is 5.91 Å². The summed E-state index contributed by atoms with van der Waals surface area (Å²) in [6.07, 6.45) is 7.20. The lowest BCUT2D eigenvalue weighted by Gasteiger charge is -2.21. The van der Waals surface area contributed by atoms with Gasteiger partial charge < -0.3 is 10.6 Å². The number of rotatable bonds is 3. The third-order valence-electron chi connectivity index (χ3n) is 5.43. The van der Waals surface area contributed by atoms with Crippen molar-refractivity contribution in [3.05, 3.63) is 23.8 Å². The highest BCUT2D eigenvalue weighted by atomic mass is 16.1. The van der Waals surface area contributed by atoms with E-state index < -0.39 is 0 Å². The highest BCUT2D eigenvalue weighted by Gasteiger charge is 2.40. The number of nitrogens with one attached hydrogen (secondary N) is 2. The van der Waals surface area contributed by atoms with E-state index in [1.54, 1.807) is 0 Å². The standard InChI is InChI=1S/C17H22N2O/c20-17(10-14-8-11-1-2-12(14)7-11)19-15-3-4-16-13(9-15)5-6-18-16/h3-4,9,11-12,14,18H,1-2,5-8,10H2,(H,19,20). The first-order valence-corrected chi connectivity index (χ1v) is 7.94. The normalized spacial score (nSPS) is 30.1. The van der Waals surface area contributed by atoms with Gasteiger partial charge in [0.25, 0.3) is 0 Å². The number of carbonyl (C=O) groups is 1. The van der Waals surface area contributed by atoms with Crippen LogP contribution in [0.25, 0.3) is 0 Å². The lowest BCUT2D eigenvalue weighted by Crippen LogP contribution is -2.20. The summed E-state index contributed by atoms with van der Waals surface area (Å²) < 4.78 is 0. The van der Waals surface area contributed by atoms with Gasteiger partial charge in [0.05, 0.1) is 0 Å². The van der Waals surface area contributed by atoms with Crippen molar-refractivity contribution in [2.24, 2.45) is 17.8 Å². The zero-order valence-electron chi connectivity index (χ0n) is 11.8. The van der Waals surface area contributed by atoms with Crippen molar-refractivity contribution in [3.63, 3.8) is 0 Å². The Kier molecular flexibility index (Phi) is 2.94. The smallest absolute Gasteiger partial charge is 0.224 e. The minimum Gasteiger partial charge on any atom is -0.384 e. The molecule has 3 aliphatic rings. The van der Waals surface area contributed by atoms with Crippen molar-refractivity contribution in [1.82, 2.24) is 0 Å². The third-order valence-corrected chi connectivity index (χ3v) is 5.43. The largest absolute Gasteiger partial charge is 0.384 e. The molecule has 0 spiro atoms. The van der Waals surface area contributed by atoms with Gasteiger partial charge in [-0.25, -0.2) is 0 Å². The van der Waals surface area contributed by atoms with Gasteiger partial charge in [0.15, 0.2) is 0 Å². The second-order valence-electron chi connectivity index (χ2n) is 6.74. The maximum Gasteiger partial charge on any atom is 0.224 e. The summed E-state index contributed by atoms with van der Waals surface area (Å²) in [5.41, 5.74) is 3.50. The van der Waals surface area contributed by atoms with E-state index >= 15 is 0 Å². The van der Waals surface area contributed by atoms with Crippen molar-refractivity contribution in [2.45, 2.75) is 38.5 Å². The van der Waals surface area contributed by atoms with Crippen LogP contribution in [-0.4, -0.2) is 12.5 Å². The summed E-state index contributed by atoms with van der Waals surface area (Å²) in [7, 11) is 0. The number of anilines is 2. The summed E-state index contributed by atoms with van der Waals surface area (Å²) >= 11 is 0. The van der Waals surface area contributed by atoms with Crippen molar-refractivity contribution in [2.75, 3.05) is 17.2 Å². The van der Waals surface area contributed by atoms with Gasteiger partial charge >= 0.3 is 0 Å². The predicted molar refractivity (Wildman–Crippen MR) is 80.8 cm³/mol. The molecule has 1 aromatic carbocycles. The minimum absolute atomic E-state index is 0.202. The molecule has 1 amide bonds. The zero-order valence-corrected chi connectivity index (χ0v) is 11.8. The molecule has 2 bridgehead atoms. The highest BCUT2D eigenvalue weighted by Crippen LogP contribution is 2.49. The Morgan fingerprint density at radius 3 is 3.05 bits per heavy atom. The van der Waals surface area contributed by atoms with Gasteiger partial charge in [0.1, 0.15) is 0 Å². The van der Waals surface area contributed by atoms with E-state index in [4.69, 9.17) is 0 Å². The molecule has 3 heteroatoms. The Hall–Kier alpha value is -1.51. The van der Waals surface area contributed by atoms with Gasteiger partial charge in [-0.2, -0.15) is 0 Å². The van der Waals surface area contributed by atoms with Crippen LogP contribution in [0.15, 0.2) is 18.2 Å². The molecule has 2 aliphatic carbocycles. The van der Waals surface area contributed by atoms with Crippen LogP contribution >= 0.6 is 0 Å². The van der Waals surface area contributed by atoms with Gasteiger partial charge in [0, 0.05) is 24.3 Å². The summed E-state index contributed by atoms with van der Waals surface area (Å²) in [4.78, 5) is 12.2. The molecule has 20 heavy (non-hydrogen) atoms. The molecule has 1 aromatic rings. The summed E-state index contributed by atoms with van der Waals surface area (Å²) in [6.45, 7) is 1.01. The van der Waals surface area contributed by atoms with Crippen LogP contribution in [0.4, 0.5) is 11.4 Å². The fourth-order valence-corrected chi connectivity index (χ4v) is 4.46. The number of fused-ring (bicyclic) bond motifs is 3. The Balaban J connectivity index is 1.38. The zero-order chi connectivity index (χ0) is 13.5. The molecule has 1 aliphatic heterocycles. The molecule has 1 heterocycles. The third kappa shape index (κ3) is 2.19. The van der Waals surface area contributed by atoms with E-state index in [0.717, 1.165) is 36.9 Å². The van der Waals surface area contributed by atoms with Gasteiger partial charge in [-0.3, -0.25) is 4.79 Å². The van der Waals surface area contributed by atoms with Crippen molar-refractivity contribution >= 4 is 17.3 Å². The van der Waals surface area contributed by atoms with Gasteiger partial charge in [-0.15, -0.1) is 0 Å². The molecule has 2 fully saturated rings. The van der Waals surface area contributed by atoms with Crippen molar-refractivity contribution in [3.8, 4) is 0 Å². The number of hydrogen-bond acceptors (Lipinski definition) is 2. The second-order valence-corrected chi connectivity index (χ2v) is 6.74. The minimum atomic E-state index is 0.202. The highest BCUT2D eigenvalue weighted by molar-refractivity contribution is 5.91. The van der Waals surface area contributed by atoms with E-state index in [0.29, 0.717) is 5.92 Å². The van der Waals surface area contributed by atoms with Gasteiger partial charge in [-0.1, -0.05) is 6.42 Å². The lowest BCUT2D eigenvalue weighted by molar-refractivity contribution is -0.117. The number of hydrogen-bond donors (Lipinski definition) is 2. The van der Waals surface area contributed by atoms with E-state index in [1.165, 1.54) is 36.9 Å². The van der Waals surface area contributed by atoms with E-state index in [-0.39, 0.29) is 5.91 Å². The molecule has 3 atom stereocenters. The Bertz CT molecular complexity index is 540. The average Bonchev–Trinajstić information content (AvgIpc) is 3.13. The van der Waals surface area contributed by atoms with E-state index in [9.17, 15) is 4.79 Å². The van der Waals surface area contributed by atoms with Crippen LogP contribution in [0.2, 0.25) is 0 Å². The first-order chi connectivity index (χ1) is 9.78. The van der Waals surface area contributed by atoms with Crippen LogP contribution in [0.1, 0.15) is 37.7 Å². The monoisotopic (exact) mass is 270 g/mol. The van der Waals surface area contributed by atoms with E-state index in [1.807, 2.05) is 6.07 Å². The Labute approximate surface area is 120 Å². The fourth-order valence-electron chi connectivity index (χ4n) is 4.46. The summed E-state index contributed by atoms with van der Waals surface area (Å²) in [6, 6.07) is 6.21. The summed E-state index contributed by atoms with van der Waals surface area (Å²) in [5, 5.41) is 6.44. The first-order valence-electron chi connectivity index (χ1n) is 7.94. The van der Waals surface area contributed by atoms with Crippen LogP contribution in [0, 0.1) is 17.8 Å². The first kappa shape index (κ1) is 12.2. The van der Waals surface area contributed by atoms with Crippen LogP contribution < -0.4 is 10.6 Å². The molecular weight excluding hydrogens is 248 g/mol. The Morgan fingerprint density at radius 2 is 2.25 bits per heavy atom. The lowest BCUT2D eigenvalue weighted by atomic mass is 9.86. The molecule has 106 valence electrons. The maximum atomic E-state index is 12.2. The number of benzene rings is 1.